The number of anilines is 1. The molecular formula is C19H22BrFN6OS. The lowest BCUT2D eigenvalue weighted by atomic mass is 9.97. The Bertz CT molecular complexity index is 1180. The fourth-order valence-corrected chi connectivity index (χ4v) is 4.92. The molecule has 0 N–H and O–H groups in total. The van der Waals surface area contributed by atoms with Gasteiger partial charge in [0, 0.05) is 53.8 Å². The molecule has 4 heterocycles. The van der Waals surface area contributed by atoms with Crippen LogP contribution in [0.4, 0.5) is 10.2 Å². The number of hydrogen-bond acceptors (Lipinski definition) is 6. The van der Waals surface area contributed by atoms with Crippen molar-refractivity contribution < 1.29 is 8.60 Å². The molecule has 3 aromatic heterocycles. The fourth-order valence-electron chi connectivity index (χ4n) is 3.73. The van der Waals surface area contributed by atoms with Gasteiger partial charge in [-0.25, -0.2) is 23.7 Å². The van der Waals surface area contributed by atoms with Gasteiger partial charge in [0.15, 0.2) is 5.82 Å². The van der Waals surface area contributed by atoms with E-state index >= 15 is 0 Å². The number of nitrogens with zero attached hydrogens (tertiary/aromatic N) is 6. The maximum atomic E-state index is 13.8. The SMILES string of the molecule is C[C@@H]1CC(N=S(C)(C)=O)CN(c2ccnc(-c3cnc4cc(F)c(Br)cn34)n2)C1. The van der Waals surface area contributed by atoms with Crippen molar-refractivity contribution >= 4 is 37.1 Å². The van der Waals surface area contributed by atoms with Gasteiger partial charge in [0.05, 0.1) is 16.7 Å². The van der Waals surface area contributed by atoms with Crippen molar-refractivity contribution in [2.45, 2.75) is 19.4 Å². The Labute approximate surface area is 177 Å². The summed E-state index contributed by atoms with van der Waals surface area (Å²) in [4.78, 5) is 15.6. The first kappa shape index (κ1) is 20.2. The zero-order chi connectivity index (χ0) is 20.8. The molecule has 0 amide bonds. The molecule has 10 heteroatoms. The van der Waals surface area contributed by atoms with Crippen molar-refractivity contribution in [1.82, 2.24) is 19.4 Å². The summed E-state index contributed by atoms with van der Waals surface area (Å²) in [6.07, 6.45) is 9.24. The Hall–Kier alpha value is -2.07. The Kier molecular flexibility index (Phi) is 5.32. The van der Waals surface area contributed by atoms with Crippen LogP contribution in [-0.2, 0) is 9.73 Å². The van der Waals surface area contributed by atoms with Gasteiger partial charge >= 0.3 is 0 Å². The molecule has 0 radical (unpaired) electrons. The van der Waals surface area contributed by atoms with Crippen molar-refractivity contribution in [2.24, 2.45) is 10.3 Å². The van der Waals surface area contributed by atoms with Crippen LogP contribution in [0.1, 0.15) is 13.3 Å². The second-order valence-corrected chi connectivity index (χ2v) is 11.2. The number of imidazole rings is 1. The smallest absolute Gasteiger partial charge is 0.180 e. The minimum atomic E-state index is -2.16. The average Bonchev–Trinajstić information content (AvgIpc) is 3.03. The molecule has 0 bridgehead atoms. The van der Waals surface area contributed by atoms with Crippen LogP contribution in [0.3, 0.4) is 0 Å². The van der Waals surface area contributed by atoms with Crippen LogP contribution in [0, 0.1) is 11.7 Å². The summed E-state index contributed by atoms with van der Waals surface area (Å²) in [6, 6.07) is 3.24. The summed E-state index contributed by atoms with van der Waals surface area (Å²) >= 11 is 3.22. The molecule has 1 fully saturated rings. The summed E-state index contributed by atoms with van der Waals surface area (Å²) in [7, 11) is -2.16. The Morgan fingerprint density at radius 3 is 2.86 bits per heavy atom. The van der Waals surface area contributed by atoms with E-state index in [1.807, 2.05) is 6.07 Å². The van der Waals surface area contributed by atoms with Gasteiger partial charge in [-0.2, -0.15) is 0 Å². The average molecular weight is 481 g/mol. The van der Waals surface area contributed by atoms with Crippen LogP contribution in [-0.4, -0.2) is 55.2 Å². The summed E-state index contributed by atoms with van der Waals surface area (Å²) in [5.41, 5.74) is 1.17. The zero-order valence-electron chi connectivity index (χ0n) is 16.4. The summed E-state index contributed by atoms with van der Waals surface area (Å²) in [5, 5.41) is 0. The number of hydrogen-bond donors (Lipinski definition) is 0. The molecule has 1 aliphatic heterocycles. The van der Waals surface area contributed by atoms with Crippen LogP contribution >= 0.6 is 15.9 Å². The van der Waals surface area contributed by atoms with Gasteiger partial charge in [0.2, 0.25) is 0 Å². The molecule has 2 atom stereocenters. The second kappa shape index (κ2) is 7.64. The Morgan fingerprint density at radius 1 is 1.31 bits per heavy atom. The lowest BCUT2D eigenvalue weighted by Gasteiger charge is -2.35. The van der Waals surface area contributed by atoms with Crippen molar-refractivity contribution in [3.05, 3.63) is 41.0 Å². The predicted octanol–water partition coefficient (Wildman–Crippen LogP) is 3.64. The highest BCUT2D eigenvalue weighted by molar-refractivity contribution is 9.10. The third-order valence-corrected chi connectivity index (χ3v) is 6.18. The molecule has 1 aliphatic rings. The number of piperidine rings is 1. The molecule has 0 saturated carbocycles. The number of pyridine rings is 1. The van der Waals surface area contributed by atoms with Crippen LogP contribution in [0.5, 0.6) is 0 Å². The first-order valence-corrected chi connectivity index (χ1v) is 12.4. The Morgan fingerprint density at radius 2 is 2.10 bits per heavy atom. The van der Waals surface area contributed by atoms with Crippen LogP contribution in [0.15, 0.2) is 39.6 Å². The van der Waals surface area contributed by atoms with Gasteiger partial charge < -0.3 is 4.90 Å². The molecule has 154 valence electrons. The standard InChI is InChI=1S/C19H22BrFN6OS/c1-12-6-13(25-29(2,3)28)10-26(9-12)17-4-5-22-19(24-17)16-8-23-18-7-15(21)14(20)11-27(16)18/h4-5,7-8,11-13H,6,9-10H2,1-3H3/t12-,13?/m1/s1. The van der Waals surface area contributed by atoms with Crippen molar-refractivity contribution in [3.8, 4) is 11.5 Å². The fraction of sp³-hybridized carbons (Fsp3) is 0.421. The maximum absolute atomic E-state index is 13.8. The van der Waals surface area contributed by atoms with E-state index in [-0.39, 0.29) is 11.9 Å². The Balaban J connectivity index is 1.69. The molecular weight excluding hydrogens is 459 g/mol. The maximum Gasteiger partial charge on any atom is 0.180 e. The first-order chi connectivity index (χ1) is 13.7. The van der Waals surface area contributed by atoms with Gasteiger partial charge in [-0.05, 0) is 34.3 Å². The normalized spacial score (nSPS) is 20.2. The summed E-state index contributed by atoms with van der Waals surface area (Å²) < 4.78 is 32.5. The third kappa shape index (κ3) is 4.42. The highest BCUT2D eigenvalue weighted by atomic mass is 79.9. The molecule has 4 rings (SSSR count). The highest BCUT2D eigenvalue weighted by Crippen LogP contribution is 2.27. The second-order valence-electron chi connectivity index (χ2n) is 7.77. The van der Waals surface area contributed by atoms with Gasteiger partial charge in [-0.1, -0.05) is 6.92 Å². The zero-order valence-corrected chi connectivity index (χ0v) is 18.8. The lowest BCUT2D eigenvalue weighted by molar-refractivity contribution is 0.402. The van der Waals surface area contributed by atoms with E-state index in [4.69, 9.17) is 4.98 Å². The van der Waals surface area contributed by atoms with E-state index in [2.05, 4.69) is 42.1 Å². The highest BCUT2D eigenvalue weighted by Gasteiger charge is 2.26. The predicted molar refractivity (Wildman–Crippen MR) is 116 cm³/mol. The third-order valence-electron chi connectivity index (χ3n) is 4.79. The lowest BCUT2D eigenvalue weighted by Crippen LogP contribution is -2.42. The quantitative estimate of drug-likeness (QED) is 0.571. The van der Waals surface area contributed by atoms with E-state index in [1.165, 1.54) is 6.07 Å². The monoisotopic (exact) mass is 480 g/mol. The topological polar surface area (TPSA) is 75.8 Å². The van der Waals surface area contributed by atoms with E-state index in [0.717, 1.165) is 18.8 Å². The number of fused-ring (bicyclic) bond motifs is 1. The molecule has 1 saturated heterocycles. The van der Waals surface area contributed by atoms with Crippen molar-refractivity contribution in [2.75, 3.05) is 30.5 Å². The molecule has 0 aromatic carbocycles. The molecule has 0 spiro atoms. The minimum absolute atomic E-state index is 0.00870. The van der Waals surface area contributed by atoms with Gasteiger partial charge in [-0.15, -0.1) is 0 Å². The molecule has 0 aliphatic carbocycles. The summed E-state index contributed by atoms with van der Waals surface area (Å²) in [5.74, 6) is 1.34. The van der Waals surface area contributed by atoms with Gasteiger partial charge in [0.1, 0.15) is 23.0 Å². The van der Waals surface area contributed by atoms with Gasteiger partial charge in [-0.3, -0.25) is 8.61 Å². The first-order valence-electron chi connectivity index (χ1n) is 9.26. The van der Waals surface area contributed by atoms with Crippen molar-refractivity contribution in [3.63, 3.8) is 0 Å². The van der Waals surface area contributed by atoms with Crippen LogP contribution < -0.4 is 4.90 Å². The van der Waals surface area contributed by atoms with E-state index < -0.39 is 9.73 Å². The number of aromatic nitrogens is 4. The number of halogens is 2. The van der Waals surface area contributed by atoms with Crippen LogP contribution in [0.25, 0.3) is 17.2 Å². The minimum Gasteiger partial charge on any atom is -0.354 e. The van der Waals surface area contributed by atoms with Crippen LogP contribution in [0.2, 0.25) is 0 Å². The molecule has 29 heavy (non-hydrogen) atoms. The van der Waals surface area contributed by atoms with E-state index in [9.17, 15) is 8.60 Å². The molecule has 1 unspecified atom stereocenters. The molecule has 7 nitrogen and oxygen atoms in total. The largest absolute Gasteiger partial charge is 0.354 e. The summed E-state index contributed by atoms with van der Waals surface area (Å²) in [6.45, 7) is 3.69. The van der Waals surface area contributed by atoms with E-state index in [0.29, 0.717) is 34.1 Å². The van der Waals surface area contributed by atoms with Gasteiger partial charge in [0.25, 0.3) is 0 Å². The molecule has 3 aromatic rings. The van der Waals surface area contributed by atoms with Crippen molar-refractivity contribution in [1.29, 1.82) is 0 Å². The number of rotatable bonds is 3. The van der Waals surface area contributed by atoms with E-state index in [1.54, 1.807) is 35.5 Å².